The molecule has 0 aliphatic heterocycles. The lowest BCUT2D eigenvalue weighted by Crippen LogP contribution is -2.53. The Balaban J connectivity index is 1.64. The predicted molar refractivity (Wildman–Crippen MR) is 74.7 cm³/mol. The first-order valence-electron chi connectivity index (χ1n) is 7.35. The van der Waals surface area contributed by atoms with Crippen LogP contribution in [-0.2, 0) is 0 Å². The molecular weight excluding hydrogens is 253 g/mol. The maximum atomic E-state index is 13.3. The Morgan fingerprint density at radius 3 is 2.85 bits per heavy atom. The van der Waals surface area contributed by atoms with E-state index in [0.717, 1.165) is 11.8 Å². The summed E-state index contributed by atoms with van der Waals surface area (Å²) in [5.74, 6) is 2.34. The number of ether oxygens (including phenoxy) is 1. The smallest absolute Gasteiger partial charge is 0.141 e. The van der Waals surface area contributed by atoms with Gasteiger partial charge in [-0.2, -0.15) is 5.26 Å². The molecule has 0 saturated heterocycles. The van der Waals surface area contributed by atoms with Crippen molar-refractivity contribution in [2.45, 2.75) is 33.1 Å². The second-order valence-electron chi connectivity index (χ2n) is 6.76. The molecule has 106 valence electrons. The number of nitrogens with zero attached hydrogens (tertiary/aromatic N) is 1. The van der Waals surface area contributed by atoms with Crippen LogP contribution in [0.4, 0.5) is 4.39 Å². The van der Waals surface area contributed by atoms with Crippen molar-refractivity contribution in [2.75, 3.05) is 6.61 Å². The SMILES string of the molecule is CC1(C)[C@H]2CC[C@H](COc3ccc(F)c(C#N)c3)[C@@H]1C2. The number of rotatable bonds is 3. The van der Waals surface area contributed by atoms with E-state index in [2.05, 4.69) is 13.8 Å². The van der Waals surface area contributed by atoms with Crippen molar-refractivity contribution >= 4 is 0 Å². The van der Waals surface area contributed by atoms with E-state index >= 15 is 0 Å². The molecule has 3 aliphatic carbocycles. The Morgan fingerprint density at radius 2 is 2.20 bits per heavy atom. The van der Waals surface area contributed by atoms with Crippen molar-refractivity contribution in [3.8, 4) is 11.8 Å². The summed E-state index contributed by atoms with van der Waals surface area (Å²) in [6.45, 7) is 5.41. The highest BCUT2D eigenvalue weighted by Gasteiger charge is 2.54. The van der Waals surface area contributed by atoms with Crippen molar-refractivity contribution in [1.29, 1.82) is 5.26 Å². The molecule has 3 heteroatoms. The first-order valence-corrected chi connectivity index (χ1v) is 7.35. The van der Waals surface area contributed by atoms with Crippen LogP contribution in [0.2, 0.25) is 0 Å². The Morgan fingerprint density at radius 1 is 1.40 bits per heavy atom. The largest absolute Gasteiger partial charge is 0.493 e. The number of hydrogen-bond acceptors (Lipinski definition) is 2. The minimum atomic E-state index is -0.486. The van der Waals surface area contributed by atoms with E-state index in [1.807, 2.05) is 6.07 Å². The summed E-state index contributed by atoms with van der Waals surface area (Å²) < 4.78 is 19.1. The van der Waals surface area contributed by atoms with Gasteiger partial charge in [0.25, 0.3) is 0 Å². The molecule has 0 aromatic heterocycles. The van der Waals surface area contributed by atoms with Gasteiger partial charge >= 0.3 is 0 Å². The molecule has 0 amide bonds. The van der Waals surface area contributed by atoms with Crippen LogP contribution in [0.15, 0.2) is 18.2 Å². The van der Waals surface area contributed by atoms with Crippen molar-refractivity contribution < 1.29 is 9.13 Å². The molecule has 0 unspecified atom stereocenters. The molecule has 2 nitrogen and oxygen atoms in total. The fraction of sp³-hybridized carbons (Fsp3) is 0.588. The van der Waals surface area contributed by atoms with Crippen LogP contribution >= 0.6 is 0 Å². The molecule has 1 aromatic carbocycles. The first-order chi connectivity index (χ1) is 9.52. The molecule has 0 heterocycles. The average molecular weight is 273 g/mol. The lowest BCUT2D eigenvalue weighted by Gasteiger charge is -2.60. The molecular formula is C17H20FNO. The normalized spacial score (nSPS) is 30.2. The average Bonchev–Trinajstić information content (AvgIpc) is 2.46. The third-order valence-electron chi connectivity index (χ3n) is 5.52. The molecule has 0 N–H and O–H groups in total. The van der Waals surface area contributed by atoms with E-state index in [1.54, 1.807) is 6.07 Å². The van der Waals surface area contributed by atoms with Gasteiger partial charge in [0.05, 0.1) is 12.2 Å². The summed E-state index contributed by atoms with van der Waals surface area (Å²) in [5, 5.41) is 8.83. The van der Waals surface area contributed by atoms with E-state index in [9.17, 15) is 4.39 Å². The topological polar surface area (TPSA) is 33.0 Å². The molecule has 4 rings (SSSR count). The highest BCUT2D eigenvalue weighted by atomic mass is 19.1. The molecule has 0 spiro atoms. The molecule has 3 atom stereocenters. The van der Waals surface area contributed by atoms with Gasteiger partial charge < -0.3 is 4.74 Å². The molecule has 0 radical (unpaired) electrons. The summed E-state index contributed by atoms with van der Waals surface area (Å²) in [7, 11) is 0. The van der Waals surface area contributed by atoms with Crippen LogP contribution in [-0.4, -0.2) is 6.61 Å². The zero-order chi connectivity index (χ0) is 14.3. The Labute approximate surface area is 119 Å². The lowest BCUT2D eigenvalue weighted by molar-refractivity contribution is -0.114. The van der Waals surface area contributed by atoms with E-state index in [4.69, 9.17) is 10.00 Å². The van der Waals surface area contributed by atoms with Crippen LogP contribution < -0.4 is 4.74 Å². The third-order valence-corrected chi connectivity index (χ3v) is 5.52. The van der Waals surface area contributed by atoms with Gasteiger partial charge in [-0.05, 0) is 54.6 Å². The van der Waals surface area contributed by atoms with Crippen molar-refractivity contribution in [3.63, 3.8) is 0 Å². The minimum Gasteiger partial charge on any atom is -0.493 e. The number of nitriles is 1. The molecule has 2 bridgehead atoms. The number of fused-ring (bicyclic) bond motifs is 2. The fourth-order valence-electron chi connectivity index (χ4n) is 4.05. The maximum Gasteiger partial charge on any atom is 0.141 e. The van der Waals surface area contributed by atoms with E-state index in [-0.39, 0.29) is 5.56 Å². The monoisotopic (exact) mass is 273 g/mol. The van der Waals surface area contributed by atoms with Gasteiger partial charge in [-0.1, -0.05) is 13.8 Å². The van der Waals surface area contributed by atoms with Crippen LogP contribution in [0.1, 0.15) is 38.7 Å². The van der Waals surface area contributed by atoms with Crippen molar-refractivity contribution in [3.05, 3.63) is 29.6 Å². The second kappa shape index (κ2) is 4.77. The molecule has 3 fully saturated rings. The number of halogens is 1. The summed E-state index contributed by atoms with van der Waals surface area (Å²) in [6.07, 6.45) is 3.85. The first kappa shape index (κ1) is 13.4. The van der Waals surface area contributed by atoms with Gasteiger partial charge in [0.15, 0.2) is 0 Å². The van der Waals surface area contributed by atoms with E-state index in [0.29, 0.717) is 23.7 Å². The number of benzene rings is 1. The third kappa shape index (κ3) is 2.08. The molecule has 3 saturated carbocycles. The molecule has 1 aromatic rings. The van der Waals surface area contributed by atoms with Crippen LogP contribution in [0.25, 0.3) is 0 Å². The second-order valence-corrected chi connectivity index (χ2v) is 6.76. The fourth-order valence-corrected chi connectivity index (χ4v) is 4.05. The Bertz CT molecular complexity index is 559. The highest BCUT2D eigenvalue weighted by Crippen LogP contribution is 2.61. The Hall–Kier alpha value is -1.56. The minimum absolute atomic E-state index is 0.0511. The van der Waals surface area contributed by atoms with E-state index < -0.39 is 5.82 Å². The maximum absolute atomic E-state index is 13.3. The summed E-state index contributed by atoms with van der Waals surface area (Å²) in [5.41, 5.74) is 0.502. The lowest BCUT2D eigenvalue weighted by atomic mass is 9.46. The molecule has 3 aliphatic rings. The predicted octanol–water partition coefficient (Wildman–Crippen LogP) is 4.15. The quantitative estimate of drug-likeness (QED) is 0.829. The summed E-state index contributed by atoms with van der Waals surface area (Å²) in [6, 6.07) is 6.25. The van der Waals surface area contributed by atoms with Crippen molar-refractivity contribution in [1.82, 2.24) is 0 Å². The highest BCUT2D eigenvalue weighted by molar-refractivity contribution is 5.37. The summed E-state index contributed by atoms with van der Waals surface area (Å²) >= 11 is 0. The zero-order valence-corrected chi connectivity index (χ0v) is 12.0. The van der Waals surface area contributed by atoms with E-state index in [1.165, 1.54) is 31.4 Å². The van der Waals surface area contributed by atoms with Gasteiger partial charge in [0.1, 0.15) is 17.6 Å². The van der Waals surface area contributed by atoms with Gasteiger partial charge in [0.2, 0.25) is 0 Å². The Kier molecular flexibility index (Phi) is 3.20. The molecule has 20 heavy (non-hydrogen) atoms. The number of hydrogen-bond donors (Lipinski definition) is 0. The summed E-state index contributed by atoms with van der Waals surface area (Å²) in [4.78, 5) is 0. The van der Waals surface area contributed by atoms with Crippen LogP contribution in [0.5, 0.6) is 5.75 Å². The van der Waals surface area contributed by atoms with Crippen LogP contribution in [0.3, 0.4) is 0 Å². The zero-order valence-electron chi connectivity index (χ0n) is 12.0. The van der Waals surface area contributed by atoms with Gasteiger partial charge in [-0.25, -0.2) is 4.39 Å². The van der Waals surface area contributed by atoms with Gasteiger partial charge in [0, 0.05) is 6.07 Å². The standard InChI is InChI=1S/C17H20FNO/c1-17(2)13-4-3-11(15(17)8-13)10-20-14-5-6-16(18)12(7-14)9-19/h5-7,11,13,15H,3-4,8,10H2,1-2H3/t11-,13+,15+/m1/s1. The van der Waals surface area contributed by atoms with Gasteiger partial charge in [-0.3, -0.25) is 0 Å². The van der Waals surface area contributed by atoms with Crippen molar-refractivity contribution in [2.24, 2.45) is 23.2 Å². The van der Waals surface area contributed by atoms with Gasteiger partial charge in [-0.15, -0.1) is 0 Å². The van der Waals surface area contributed by atoms with Crippen LogP contribution in [0, 0.1) is 40.3 Å².